The fraction of sp³-hybridized carbons (Fsp3) is 0.0667. The number of carbonyl (C=O) groups is 2. The van der Waals surface area contributed by atoms with Gasteiger partial charge in [-0.1, -0.05) is 24.3 Å². The monoisotopic (exact) mass is 299 g/mol. The van der Waals surface area contributed by atoms with E-state index < -0.39 is 10.8 Å². The Morgan fingerprint density at radius 3 is 2.45 bits per heavy atom. The predicted molar refractivity (Wildman–Crippen MR) is 80.5 cm³/mol. The quantitative estimate of drug-likeness (QED) is 0.651. The van der Waals surface area contributed by atoms with Crippen LogP contribution in [0, 0.1) is 10.1 Å². The summed E-state index contributed by atoms with van der Waals surface area (Å²) in [5.74, 6) is -0.933. The zero-order valence-corrected chi connectivity index (χ0v) is 11.5. The molecule has 0 bridgehead atoms. The van der Waals surface area contributed by atoms with E-state index in [0.717, 1.165) is 6.07 Å². The number of amides is 2. The molecule has 0 saturated heterocycles. The average molecular weight is 299 g/mol. The van der Waals surface area contributed by atoms with Crippen molar-refractivity contribution in [1.82, 2.24) is 5.32 Å². The Balaban J connectivity index is 1.91. The normalized spacial score (nSPS) is 9.82. The van der Waals surface area contributed by atoms with E-state index in [1.54, 1.807) is 24.3 Å². The van der Waals surface area contributed by atoms with Gasteiger partial charge in [0.2, 0.25) is 5.91 Å². The van der Waals surface area contributed by atoms with E-state index in [4.69, 9.17) is 0 Å². The van der Waals surface area contributed by atoms with E-state index in [9.17, 15) is 19.7 Å². The summed E-state index contributed by atoms with van der Waals surface area (Å²) in [4.78, 5) is 33.6. The van der Waals surface area contributed by atoms with E-state index in [2.05, 4.69) is 10.6 Å². The average Bonchev–Trinajstić information content (AvgIpc) is 2.53. The summed E-state index contributed by atoms with van der Waals surface area (Å²) >= 11 is 0. The predicted octanol–water partition coefficient (Wildman–Crippen LogP) is 1.96. The van der Waals surface area contributed by atoms with Gasteiger partial charge in [0, 0.05) is 23.4 Å². The van der Waals surface area contributed by atoms with Crippen molar-refractivity contribution in [2.24, 2.45) is 0 Å². The van der Waals surface area contributed by atoms with Crippen molar-refractivity contribution in [2.45, 2.75) is 0 Å². The van der Waals surface area contributed by atoms with Crippen molar-refractivity contribution in [2.75, 3.05) is 11.9 Å². The number of nitrogens with one attached hydrogen (secondary N) is 2. The summed E-state index contributed by atoms with van der Waals surface area (Å²) in [7, 11) is 0. The Morgan fingerprint density at radius 2 is 1.77 bits per heavy atom. The molecule has 0 atom stereocenters. The molecule has 22 heavy (non-hydrogen) atoms. The van der Waals surface area contributed by atoms with Gasteiger partial charge in [-0.2, -0.15) is 0 Å². The van der Waals surface area contributed by atoms with Crippen molar-refractivity contribution >= 4 is 23.2 Å². The van der Waals surface area contributed by atoms with Crippen LogP contribution in [-0.4, -0.2) is 23.3 Å². The second-order valence-corrected chi connectivity index (χ2v) is 4.40. The van der Waals surface area contributed by atoms with Crippen LogP contribution in [-0.2, 0) is 4.79 Å². The standard InChI is InChI=1S/C15H13N3O4/c19-14(17-12-6-2-1-3-7-12)10-16-15(20)11-5-4-8-13(9-11)18(21)22/h1-9H,10H2,(H,16,20)(H,17,19). The van der Waals surface area contributed by atoms with Gasteiger partial charge in [-0.25, -0.2) is 0 Å². The number of anilines is 1. The smallest absolute Gasteiger partial charge is 0.270 e. The number of benzene rings is 2. The Bertz CT molecular complexity index is 701. The molecule has 0 saturated carbocycles. The second kappa shape index (κ2) is 6.98. The summed E-state index contributed by atoms with van der Waals surface area (Å²) in [6.45, 7) is -0.226. The summed E-state index contributed by atoms with van der Waals surface area (Å²) in [5.41, 5.74) is 0.570. The molecule has 0 aliphatic rings. The molecule has 7 heteroatoms. The molecule has 2 aromatic carbocycles. The van der Waals surface area contributed by atoms with Gasteiger partial charge in [-0.05, 0) is 18.2 Å². The largest absolute Gasteiger partial charge is 0.343 e. The Hall–Kier alpha value is -3.22. The Morgan fingerprint density at radius 1 is 1.05 bits per heavy atom. The van der Waals surface area contributed by atoms with Crippen LogP contribution in [0.1, 0.15) is 10.4 Å². The minimum atomic E-state index is -0.584. The minimum Gasteiger partial charge on any atom is -0.343 e. The number of nitro groups is 1. The number of rotatable bonds is 5. The number of non-ortho nitro benzene ring substituents is 1. The highest BCUT2D eigenvalue weighted by Gasteiger charge is 2.12. The maximum Gasteiger partial charge on any atom is 0.270 e. The number of hydrogen-bond donors (Lipinski definition) is 2. The molecule has 0 aliphatic carbocycles. The fourth-order valence-electron chi connectivity index (χ4n) is 1.75. The molecule has 0 radical (unpaired) electrons. The first-order valence-electron chi connectivity index (χ1n) is 6.44. The molecule has 0 aromatic heterocycles. The van der Waals surface area contributed by atoms with Crippen molar-refractivity contribution in [3.05, 3.63) is 70.3 Å². The number of para-hydroxylation sites is 1. The zero-order valence-electron chi connectivity index (χ0n) is 11.5. The molecule has 7 nitrogen and oxygen atoms in total. The molecular formula is C15H13N3O4. The number of nitrogens with zero attached hydrogens (tertiary/aromatic N) is 1. The molecule has 2 N–H and O–H groups in total. The third kappa shape index (κ3) is 4.14. The first-order chi connectivity index (χ1) is 10.6. The SMILES string of the molecule is O=C(CNC(=O)c1cccc([N+](=O)[O-])c1)Nc1ccccc1. The van der Waals surface area contributed by atoms with E-state index in [0.29, 0.717) is 5.69 Å². The molecule has 2 amide bonds. The number of carbonyl (C=O) groups excluding carboxylic acids is 2. The third-order valence-corrected chi connectivity index (χ3v) is 2.79. The molecule has 0 spiro atoms. The van der Waals surface area contributed by atoms with E-state index in [1.165, 1.54) is 18.2 Å². The van der Waals surface area contributed by atoms with E-state index >= 15 is 0 Å². The van der Waals surface area contributed by atoms with Crippen molar-refractivity contribution in [3.63, 3.8) is 0 Å². The summed E-state index contributed by atoms with van der Waals surface area (Å²) in [5, 5.41) is 15.7. The van der Waals surface area contributed by atoms with Crippen LogP contribution in [0.4, 0.5) is 11.4 Å². The Kier molecular flexibility index (Phi) is 4.81. The van der Waals surface area contributed by atoms with Crippen LogP contribution < -0.4 is 10.6 Å². The van der Waals surface area contributed by atoms with Crippen LogP contribution >= 0.6 is 0 Å². The van der Waals surface area contributed by atoms with E-state index in [1.807, 2.05) is 6.07 Å². The molecular weight excluding hydrogens is 286 g/mol. The van der Waals surface area contributed by atoms with Crippen LogP contribution in [0.3, 0.4) is 0 Å². The zero-order chi connectivity index (χ0) is 15.9. The van der Waals surface area contributed by atoms with Gasteiger partial charge < -0.3 is 10.6 Å². The van der Waals surface area contributed by atoms with Gasteiger partial charge in [-0.15, -0.1) is 0 Å². The van der Waals surface area contributed by atoms with Crippen molar-refractivity contribution in [3.8, 4) is 0 Å². The third-order valence-electron chi connectivity index (χ3n) is 2.79. The van der Waals surface area contributed by atoms with Gasteiger partial charge in [0.1, 0.15) is 0 Å². The number of nitro benzene ring substituents is 1. The van der Waals surface area contributed by atoms with Crippen LogP contribution in [0.5, 0.6) is 0 Å². The summed E-state index contributed by atoms with van der Waals surface area (Å²) in [6, 6.07) is 14.1. The molecule has 0 aliphatic heterocycles. The lowest BCUT2D eigenvalue weighted by Crippen LogP contribution is -2.32. The summed E-state index contributed by atoms with van der Waals surface area (Å²) < 4.78 is 0. The molecule has 0 unspecified atom stereocenters. The van der Waals surface area contributed by atoms with Gasteiger partial charge >= 0.3 is 0 Å². The maximum atomic E-state index is 11.9. The lowest BCUT2D eigenvalue weighted by molar-refractivity contribution is -0.384. The summed E-state index contributed by atoms with van der Waals surface area (Å²) in [6.07, 6.45) is 0. The van der Waals surface area contributed by atoms with Crippen LogP contribution in [0.15, 0.2) is 54.6 Å². The maximum absolute atomic E-state index is 11.9. The minimum absolute atomic E-state index is 0.127. The molecule has 0 heterocycles. The highest BCUT2D eigenvalue weighted by molar-refractivity contribution is 5.99. The topological polar surface area (TPSA) is 101 Å². The van der Waals surface area contributed by atoms with E-state index in [-0.39, 0.29) is 23.7 Å². The van der Waals surface area contributed by atoms with Crippen LogP contribution in [0.2, 0.25) is 0 Å². The van der Waals surface area contributed by atoms with Gasteiger partial charge in [-0.3, -0.25) is 19.7 Å². The molecule has 0 fully saturated rings. The fourth-order valence-corrected chi connectivity index (χ4v) is 1.75. The molecule has 2 aromatic rings. The van der Waals surface area contributed by atoms with Crippen molar-refractivity contribution < 1.29 is 14.5 Å². The lowest BCUT2D eigenvalue weighted by Gasteiger charge is -2.06. The first-order valence-corrected chi connectivity index (χ1v) is 6.44. The highest BCUT2D eigenvalue weighted by atomic mass is 16.6. The van der Waals surface area contributed by atoms with Crippen LogP contribution in [0.25, 0.3) is 0 Å². The van der Waals surface area contributed by atoms with Gasteiger partial charge in [0.05, 0.1) is 11.5 Å². The Labute approximate surface area is 126 Å². The van der Waals surface area contributed by atoms with Crippen molar-refractivity contribution in [1.29, 1.82) is 0 Å². The number of hydrogen-bond acceptors (Lipinski definition) is 4. The highest BCUT2D eigenvalue weighted by Crippen LogP contribution is 2.12. The lowest BCUT2D eigenvalue weighted by atomic mass is 10.2. The first kappa shape index (κ1) is 15.2. The second-order valence-electron chi connectivity index (χ2n) is 4.40. The molecule has 112 valence electrons. The van der Waals surface area contributed by atoms with Gasteiger partial charge in [0.25, 0.3) is 11.6 Å². The molecule has 2 rings (SSSR count). The van der Waals surface area contributed by atoms with Gasteiger partial charge in [0.15, 0.2) is 0 Å².